The van der Waals surface area contributed by atoms with Crippen LogP contribution in [0.2, 0.25) is 0 Å². The number of nitrogens with two attached hydrogens (primary N) is 2. The van der Waals surface area contributed by atoms with Gasteiger partial charge in [-0.05, 0) is 19.9 Å². The van der Waals surface area contributed by atoms with Crippen molar-refractivity contribution in [3.05, 3.63) is 35.7 Å². The third-order valence-corrected chi connectivity index (χ3v) is 1.11. The maximum Gasteiger partial charge on any atom is 0.0544 e. The summed E-state index contributed by atoms with van der Waals surface area (Å²) in [5.41, 5.74) is 12.3. The van der Waals surface area contributed by atoms with Gasteiger partial charge in [0.2, 0.25) is 0 Å². The fourth-order valence-corrected chi connectivity index (χ4v) is 0.463. The van der Waals surface area contributed by atoms with Gasteiger partial charge in [0.25, 0.3) is 0 Å². The summed E-state index contributed by atoms with van der Waals surface area (Å²) in [5, 5.41) is 0. The van der Waals surface area contributed by atoms with Gasteiger partial charge in [0.1, 0.15) is 0 Å². The molecule has 0 aliphatic rings. The molecule has 0 aliphatic heterocycles. The normalized spacial score (nSPS) is 14.6. The predicted molar refractivity (Wildman–Crippen MR) is 45.0 cm³/mol. The first kappa shape index (κ1) is 8.82. The molecule has 0 aromatic heterocycles. The first-order valence-corrected chi connectivity index (χ1v) is 3.23. The Morgan fingerprint density at radius 2 is 1.70 bits per heavy atom. The summed E-state index contributed by atoms with van der Waals surface area (Å²) >= 11 is 0. The van der Waals surface area contributed by atoms with Crippen molar-refractivity contribution in [2.75, 3.05) is 0 Å². The number of hydrogen-bond acceptors (Lipinski definition) is 2. The largest absolute Gasteiger partial charge is 0.397 e. The van der Waals surface area contributed by atoms with Crippen LogP contribution < -0.4 is 11.5 Å². The monoisotopic (exact) mass is 138 g/mol. The van der Waals surface area contributed by atoms with E-state index in [0.717, 1.165) is 0 Å². The topological polar surface area (TPSA) is 52.0 Å². The lowest BCUT2D eigenvalue weighted by molar-refractivity contribution is 1.23. The second kappa shape index (κ2) is 4.68. The van der Waals surface area contributed by atoms with Crippen molar-refractivity contribution < 1.29 is 0 Å². The third kappa shape index (κ3) is 2.97. The highest BCUT2D eigenvalue weighted by Gasteiger charge is 1.87. The second-order valence-corrected chi connectivity index (χ2v) is 1.89. The molecule has 0 aliphatic carbocycles. The van der Waals surface area contributed by atoms with Crippen molar-refractivity contribution in [1.82, 2.24) is 0 Å². The van der Waals surface area contributed by atoms with Crippen LogP contribution in [-0.2, 0) is 0 Å². The lowest BCUT2D eigenvalue weighted by Crippen LogP contribution is -2.08. The van der Waals surface area contributed by atoms with E-state index in [9.17, 15) is 0 Å². The first-order valence-electron chi connectivity index (χ1n) is 3.23. The molecule has 0 saturated heterocycles. The molecule has 10 heavy (non-hydrogen) atoms. The van der Waals surface area contributed by atoms with Crippen LogP contribution in [0.15, 0.2) is 35.7 Å². The van der Waals surface area contributed by atoms with Crippen LogP contribution in [0.4, 0.5) is 0 Å². The van der Waals surface area contributed by atoms with Gasteiger partial charge in [-0.3, -0.25) is 0 Å². The highest BCUT2D eigenvalue weighted by Crippen LogP contribution is 1.94. The smallest absolute Gasteiger partial charge is 0.0544 e. The lowest BCUT2D eigenvalue weighted by atomic mass is 10.3. The minimum absolute atomic E-state index is 0.612. The summed E-state index contributed by atoms with van der Waals surface area (Å²) in [7, 11) is 0. The Hall–Kier alpha value is -1.18. The Kier molecular flexibility index (Phi) is 4.12. The Morgan fingerprint density at radius 1 is 1.10 bits per heavy atom. The molecule has 0 spiro atoms. The summed E-state index contributed by atoms with van der Waals surface area (Å²) in [4.78, 5) is 0. The molecule has 56 valence electrons. The van der Waals surface area contributed by atoms with Gasteiger partial charge < -0.3 is 11.5 Å². The Labute approximate surface area is 61.9 Å². The van der Waals surface area contributed by atoms with Crippen LogP contribution in [0.3, 0.4) is 0 Å². The zero-order valence-electron chi connectivity index (χ0n) is 6.46. The Morgan fingerprint density at radius 3 is 2.10 bits per heavy atom. The van der Waals surface area contributed by atoms with Crippen molar-refractivity contribution in [2.24, 2.45) is 11.5 Å². The summed E-state index contributed by atoms with van der Waals surface area (Å²) in [6, 6.07) is 0. The molecule has 4 N–H and O–H groups in total. The first-order chi connectivity index (χ1) is 4.72. The number of rotatable bonds is 2. The van der Waals surface area contributed by atoms with Crippen molar-refractivity contribution in [3.8, 4) is 0 Å². The second-order valence-electron chi connectivity index (χ2n) is 1.89. The summed E-state index contributed by atoms with van der Waals surface area (Å²) in [5.74, 6) is 0. The summed E-state index contributed by atoms with van der Waals surface area (Å²) in [6.07, 6.45) is 7.30. The Bertz CT molecular complexity index is 176. The third-order valence-electron chi connectivity index (χ3n) is 1.11. The highest BCUT2D eigenvalue weighted by atomic mass is 14.7. The van der Waals surface area contributed by atoms with E-state index in [-0.39, 0.29) is 0 Å². The molecule has 0 unspecified atom stereocenters. The van der Waals surface area contributed by atoms with Crippen molar-refractivity contribution in [1.29, 1.82) is 0 Å². The van der Waals surface area contributed by atoms with Crippen molar-refractivity contribution in [2.45, 2.75) is 13.8 Å². The van der Waals surface area contributed by atoms with E-state index >= 15 is 0 Å². The molecule has 0 bridgehead atoms. The van der Waals surface area contributed by atoms with Crippen molar-refractivity contribution >= 4 is 0 Å². The molecule has 0 saturated carbocycles. The molecule has 0 aromatic rings. The van der Waals surface area contributed by atoms with Crippen molar-refractivity contribution in [3.63, 3.8) is 0 Å². The van der Waals surface area contributed by atoms with Gasteiger partial charge in [0, 0.05) is 0 Å². The zero-order chi connectivity index (χ0) is 7.98. The highest BCUT2D eigenvalue weighted by molar-refractivity contribution is 5.27. The molecule has 0 rings (SSSR count). The molecule has 2 nitrogen and oxygen atoms in total. The van der Waals surface area contributed by atoms with Gasteiger partial charge in [-0.2, -0.15) is 0 Å². The molecule has 0 aromatic carbocycles. The van der Waals surface area contributed by atoms with E-state index in [1.807, 2.05) is 26.0 Å². The molecule has 0 fully saturated rings. The summed E-state index contributed by atoms with van der Waals surface area (Å²) < 4.78 is 0. The van der Waals surface area contributed by atoms with Crippen LogP contribution in [0, 0.1) is 0 Å². The predicted octanol–water partition coefficient (Wildman–Crippen LogP) is 1.27. The molecular formula is C8H14N2. The maximum atomic E-state index is 5.53. The van der Waals surface area contributed by atoms with E-state index in [1.54, 1.807) is 12.2 Å². The van der Waals surface area contributed by atoms with E-state index in [2.05, 4.69) is 0 Å². The minimum atomic E-state index is 0.612. The van der Waals surface area contributed by atoms with Crippen LogP contribution in [0.25, 0.3) is 0 Å². The van der Waals surface area contributed by atoms with Crippen LogP contribution in [0.1, 0.15) is 13.8 Å². The summed E-state index contributed by atoms with van der Waals surface area (Å²) in [6.45, 7) is 3.78. The van der Waals surface area contributed by atoms with Gasteiger partial charge in [-0.1, -0.05) is 18.2 Å². The maximum absolute atomic E-state index is 5.53. The van der Waals surface area contributed by atoms with Gasteiger partial charge in [-0.25, -0.2) is 0 Å². The Balaban J connectivity index is 4.19. The molecule has 0 heterocycles. The average molecular weight is 138 g/mol. The van der Waals surface area contributed by atoms with Gasteiger partial charge >= 0.3 is 0 Å². The lowest BCUT2D eigenvalue weighted by Gasteiger charge is -1.96. The minimum Gasteiger partial charge on any atom is -0.397 e. The molecule has 0 atom stereocenters. The zero-order valence-corrected chi connectivity index (χ0v) is 6.46. The molecule has 0 amide bonds. The fourth-order valence-electron chi connectivity index (χ4n) is 0.463. The van der Waals surface area contributed by atoms with Gasteiger partial charge in [0.15, 0.2) is 0 Å². The van der Waals surface area contributed by atoms with E-state index < -0.39 is 0 Å². The van der Waals surface area contributed by atoms with E-state index in [1.165, 1.54) is 0 Å². The fraction of sp³-hybridized carbons (Fsp3) is 0.250. The van der Waals surface area contributed by atoms with Crippen LogP contribution >= 0.6 is 0 Å². The van der Waals surface area contributed by atoms with Crippen LogP contribution in [0.5, 0.6) is 0 Å². The standard InChI is InChI=1S/C8H14N2/c1-3-5-6-8(10)7(9)4-2/h3-6H,9-10H2,1-2H3/b5-3-,7-4+,8-6+. The quantitative estimate of drug-likeness (QED) is 0.564. The number of allylic oxidation sites excluding steroid dienone is 4. The van der Waals surface area contributed by atoms with Crippen LogP contribution in [-0.4, -0.2) is 0 Å². The molecule has 2 heteroatoms. The van der Waals surface area contributed by atoms with Gasteiger partial charge in [-0.15, -0.1) is 0 Å². The number of hydrogen-bond donors (Lipinski definition) is 2. The van der Waals surface area contributed by atoms with E-state index in [0.29, 0.717) is 11.4 Å². The SMILES string of the molecule is C\C=C/C=C(N)\C(N)=C/C. The average Bonchev–Trinajstić information content (AvgIpc) is 1.98. The van der Waals surface area contributed by atoms with Gasteiger partial charge in [0.05, 0.1) is 11.4 Å². The van der Waals surface area contributed by atoms with E-state index in [4.69, 9.17) is 11.5 Å². The molecular weight excluding hydrogens is 124 g/mol. The molecule has 0 radical (unpaired) electrons.